The molecule has 4 aromatic heterocycles. The van der Waals surface area contributed by atoms with Gasteiger partial charge < -0.3 is 20.3 Å². The van der Waals surface area contributed by atoms with Crippen LogP contribution in [0.4, 0.5) is 17.5 Å². The fourth-order valence-corrected chi connectivity index (χ4v) is 4.74. The zero-order chi connectivity index (χ0) is 25.6. The fourth-order valence-electron chi connectivity index (χ4n) is 4.44. The van der Waals surface area contributed by atoms with E-state index in [1.165, 1.54) is 12.7 Å². The Morgan fingerprint density at radius 2 is 2.00 bits per heavy atom. The van der Waals surface area contributed by atoms with Crippen LogP contribution in [-0.4, -0.2) is 59.7 Å². The predicted octanol–water partition coefficient (Wildman–Crippen LogP) is 3.00. The first kappa shape index (κ1) is 23.4. The number of ether oxygens (including phenoxy) is 1. The number of nitrogens with zero attached hydrogens (tertiary/aromatic N) is 8. The normalized spacial score (nSPS) is 15.3. The van der Waals surface area contributed by atoms with Gasteiger partial charge in [-0.3, -0.25) is 0 Å². The van der Waals surface area contributed by atoms with Crippen molar-refractivity contribution in [2.75, 3.05) is 29.9 Å². The summed E-state index contributed by atoms with van der Waals surface area (Å²) in [6.45, 7) is 8.90. The Morgan fingerprint density at radius 3 is 2.86 bits per heavy atom. The van der Waals surface area contributed by atoms with Gasteiger partial charge in [0.2, 0.25) is 5.95 Å². The molecule has 0 bridgehead atoms. The van der Waals surface area contributed by atoms with Crippen LogP contribution >= 0.6 is 9.24 Å². The van der Waals surface area contributed by atoms with Crippen molar-refractivity contribution in [3.8, 4) is 11.5 Å². The number of pyridine rings is 1. The summed E-state index contributed by atoms with van der Waals surface area (Å²) >= 11 is 0. The van der Waals surface area contributed by atoms with E-state index in [1.807, 2.05) is 37.4 Å². The van der Waals surface area contributed by atoms with Gasteiger partial charge in [0.25, 0.3) is 0 Å². The lowest BCUT2D eigenvalue weighted by molar-refractivity contribution is 0.350. The number of anilines is 3. The van der Waals surface area contributed by atoms with Crippen LogP contribution in [0, 0.1) is 6.92 Å². The molecule has 1 fully saturated rings. The minimum absolute atomic E-state index is 0.0122. The van der Waals surface area contributed by atoms with Gasteiger partial charge in [0.05, 0.1) is 6.20 Å². The highest BCUT2D eigenvalue weighted by molar-refractivity contribution is 7.28. The standard InChI is InChI=1S/C25H27N10OP/c1-15-8-17(20(37)10-19(15)36-16-4-6-35-21(9-16)28-14-31-35)32-23-22-18(27-13-29-23)11-26-24(33-22)34-7-5-30-25(2,3)12-34/h4,6,8-11,13-14,30H,5,7,12,37H2,1-3H3,(H,27,29,32). The summed E-state index contributed by atoms with van der Waals surface area (Å²) < 4.78 is 7.86. The molecule has 0 spiro atoms. The van der Waals surface area contributed by atoms with Crippen LogP contribution in [0.25, 0.3) is 16.7 Å². The molecule has 11 nitrogen and oxygen atoms in total. The summed E-state index contributed by atoms with van der Waals surface area (Å²) in [4.78, 5) is 24.7. The molecule has 1 aliphatic rings. The number of benzene rings is 1. The highest BCUT2D eigenvalue weighted by Crippen LogP contribution is 2.30. The smallest absolute Gasteiger partial charge is 0.226 e. The quantitative estimate of drug-likeness (QED) is 0.339. The van der Waals surface area contributed by atoms with Crippen molar-refractivity contribution in [2.24, 2.45) is 0 Å². The largest absolute Gasteiger partial charge is 0.457 e. The average molecular weight is 515 g/mol. The molecule has 0 aliphatic carbocycles. The lowest BCUT2D eigenvalue weighted by Gasteiger charge is -2.39. The van der Waals surface area contributed by atoms with E-state index in [1.54, 1.807) is 10.7 Å². The van der Waals surface area contributed by atoms with Gasteiger partial charge in [0, 0.05) is 43.1 Å². The Labute approximate surface area is 215 Å². The minimum Gasteiger partial charge on any atom is -0.457 e. The summed E-state index contributed by atoms with van der Waals surface area (Å²) in [7, 11) is 2.76. The number of piperazine rings is 1. The molecule has 188 valence electrons. The summed E-state index contributed by atoms with van der Waals surface area (Å²) in [5, 5.41) is 12.0. The molecular weight excluding hydrogens is 487 g/mol. The molecule has 5 heterocycles. The number of hydrogen-bond acceptors (Lipinski definition) is 10. The number of aryl methyl sites for hydroxylation is 1. The second kappa shape index (κ2) is 9.17. The third-order valence-electron chi connectivity index (χ3n) is 6.30. The zero-order valence-electron chi connectivity index (χ0n) is 20.8. The van der Waals surface area contributed by atoms with E-state index in [9.17, 15) is 0 Å². The monoisotopic (exact) mass is 514 g/mol. The minimum atomic E-state index is -0.0122. The summed E-state index contributed by atoms with van der Waals surface area (Å²) in [6.07, 6.45) is 6.62. The maximum Gasteiger partial charge on any atom is 0.226 e. The fraction of sp³-hybridized carbons (Fsp3) is 0.280. The van der Waals surface area contributed by atoms with Crippen LogP contribution in [0.5, 0.6) is 11.5 Å². The second-order valence-electron chi connectivity index (χ2n) is 9.72. The SMILES string of the molecule is Cc1cc(Nc2ncnc3cnc(N4CCNC(C)(C)C4)nc23)c(P)cc1Oc1ccn2ncnc2c1. The molecule has 37 heavy (non-hydrogen) atoms. The van der Waals surface area contributed by atoms with E-state index in [2.05, 4.69) is 63.7 Å². The molecule has 1 aromatic carbocycles. The molecule has 1 aliphatic heterocycles. The van der Waals surface area contributed by atoms with E-state index in [4.69, 9.17) is 9.72 Å². The number of hydrogen-bond donors (Lipinski definition) is 2. The Bertz CT molecular complexity index is 1620. The molecule has 2 N–H and O–H groups in total. The van der Waals surface area contributed by atoms with Crippen LogP contribution in [0.1, 0.15) is 19.4 Å². The van der Waals surface area contributed by atoms with E-state index >= 15 is 0 Å². The molecule has 0 radical (unpaired) electrons. The first-order valence-electron chi connectivity index (χ1n) is 12.0. The molecule has 1 unspecified atom stereocenters. The molecular formula is C25H27N10OP. The van der Waals surface area contributed by atoms with Gasteiger partial charge in [-0.1, -0.05) is 0 Å². The summed E-state index contributed by atoms with van der Waals surface area (Å²) in [5.41, 5.74) is 3.91. The van der Waals surface area contributed by atoms with Crippen molar-refractivity contribution in [3.05, 3.63) is 54.9 Å². The molecule has 12 heteroatoms. The van der Waals surface area contributed by atoms with E-state index < -0.39 is 0 Å². The summed E-state index contributed by atoms with van der Waals surface area (Å²) in [5.74, 6) is 2.74. The topological polar surface area (TPSA) is 118 Å². The Morgan fingerprint density at radius 1 is 1.11 bits per heavy atom. The molecule has 6 rings (SSSR count). The van der Waals surface area contributed by atoms with Gasteiger partial charge in [-0.15, -0.1) is 9.24 Å². The van der Waals surface area contributed by atoms with Crippen molar-refractivity contribution in [3.63, 3.8) is 0 Å². The Kier molecular flexibility index (Phi) is 5.81. The van der Waals surface area contributed by atoms with Crippen LogP contribution in [-0.2, 0) is 0 Å². The first-order chi connectivity index (χ1) is 17.8. The van der Waals surface area contributed by atoms with E-state index in [0.29, 0.717) is 28.5 Å². The van der Waals surface area contributed by atoms with Crippen LogP contribution in [0.15, 0.2) is 49.3 Å². The third kappa shape index (κ3) is 4.75. The van der Waals surface area contributed by atoms with Gasteiger partial charge in [0.15, 0.2) is 11.5 Å². The van der Waals surface area contributed by atoms with Gasteiger partial charge >= 0.3 is 0 Å². The van der Waals surface area contributed by atoms with Gasteiger partial charge in [-0.25, -0.2) is 29.4 Å². The van der Waals surface area contributed by atoms with Crippen molar-refractivity contribution < 1.29 is 4.74 Å². The first-order valence-corrected chi connectivity index (χ1v) is 12.5. The molecule has 1 atom stereocenters. The molecule has 5 aromatic rings. The van der Waals surface area contributed by atoms with E-state index in [0.717, 1.165) is 47.6 Å². The molecule has 1 saturated heterocycles. The van der Waals surface area contributed by atoms with Gasteiger partial charge in [-0.2, -0.15) is 5.10 Å². The second-order valence-corrected chi connectivity index (χ2v) is 10.3. The Hall–Kier alpha value is -3.95. The Balaban J connectivity index is 1.29. The van der Waals surface area contributed by atoms with Crippen LogP contribution in [0.2, 0.25) is 0 Å². The van der Waals surface area contributed by atoms with E-state index in [-0.39, 0.29) is 5.54 Å². The maximum atomic E-state index is 6.16. The van der Waals surface area contributed by atoms with Crippen molar-refractivity contribution in [1.82, 2.24) is 39.9 Å². The lowest BCUT2D eigenvalue weighted by Crippen LogP contribution is -2.57. The number of rotatable bonds is 5. The predicted molar refractivity (Wildman–Crippen MR) is 146 cm³/mol. The van der Waals surface area contributed by atoms with Crippen LogP contribution in [0.3, 0.4) is 0 Å². The van der Waals surface area contributed by atoms with Crippen LogP contribution < -0.4 is 25.6 Å². The zero-order valence-corrected chi connectivity index (χ0v) is 22.0. The van der Waals surface area contributed by atoms with Gasteiger partial charge in [-0.05, 0) is 49.8 Å². The van der Waals surface area contributed by atoms with Crippen molar-refractivity contribution >= 4 is 48.7 Å². The summed E-state index contributed by atoms with van der Waals surface area (Å²) in [6, 6.07) is 7.72. The van der Waals surface area contributed by atoms with Crippen molar-refractivity contribution in [1.29, 1.82) is 0 Å². The number of fused-ring (bicyclic) bond motifs is 2. The highest BCUT2D eigenvalue weighted by Gasteiger charge is 2.27. The number of nitrogens with one attached hydrogen (secondary N) is 2. The van der Waals surface area contributed by atoms with Crippen molar-refractivity contribution in [2.45, 2.75) is 26.3 Å². The maximum absolute atomic E-state index is 6.16. The highest BCUT2D eigenvalue weighted by atomic mass is 31.0. The van der Waals surface area contributed by atoms with Gasteiger partial charge in [0.1, 0.15) is 35.2 Å². The number of aromatic nitrogens is 7. The average Bonchev–Trinajstić information content (AvgIpc) is 3.34. The molecule has 0 amide bonds. The lowest BCUT2D eigenvalue weighted by atomic mass is 10.0. The molecule has 0 saturated carbocycles. The third-order valence-corrected chi connectivity index (χ3v) is 6.78.